The third-order valence-corrected chi connectivity index (χ3v) is 5.92. The largest absolute Gasteiger partial charge is 0.319 e. The van der Waals surface area contributed by atoms with Crippen molar-refractivity contribution in [3.63, 3.8) is 0 Å². The number of nitrogens with one attached hydrogen (secondary N) is 1. The minimum absolute atomic E-state index is 0.0238. The van der Waals surface area contributed by atoms with Gasteiger partial charge in [-0.2, -0.15) is 0 Å². The molecule has 1 aliphatic carbocycles. The van der Waals surface area contributed by atoms with E-state index in [1.54, 1.807) is 6.92 Å². The Balaban J connectivity index is 1.84. The smallest absolute Gasteiger partial charge is 0.258 e. The van der Waals surface area contributed by atoms with E-state index in [2.05, 4.69) is 20.3 Å². The van der Waals surface area contributed by atoms with Gasteiger partial charge >= 0.3 is 0 Å². The number of halogens is 4. The number of nitrogens with zero attached hydrogens (tertiary/aromatic N) is 3. The van der Waals surface area contributed by atoms with Gasteiger partial charge in [0.15, 0.2) is 0 Å². The van der Waals surface area contributed by atoms with E-state index < -0.39 is 29.9 Å². The zero-order valence-electron chi connectivity index (χ0n) is 19.5. The topological polar surface area (TPSA) is 67.8 Å². The number of anilines is 1. The number of carbonyl (C=O) groups is 1. The lowest BCUT2D eigenvalue weighted by atomic mass is 9.86. The third kappa shape index (κ3) is 5.23. The number of pyridine rings is 1. The van der Waals surface area contributed by atoms with Crippen LogP contribution in [0.15, 0.2) is 48.4 Å². The van der Waals surface area contributed by atoms with Crippen LogP contribution in [0.3, 0.4) is 0 Å². The molecule has 2 heterocycles. The van der Waals surface area contributed by atoms with E-state index in [9.17, 15) is 22.4 Å². The van der Waals surface area contributed by atoms with Gasteiger partial charge in [0.2, 0.25) is 0 Å². The van der Waals surface area contributed by atoms with Crippen molar-refractivity contribution in [1.29, 1.82) is 0 Å². The van der Waals surface area contributed by atoms with E-state index in [1.807, 2.05) is 13.8 Å². The number of allylic oxidation sites excluding steroid dienone is 2. The van der Waals surface area contributed by atoms with Gasteiger partial charge in [0.05, 0.1) is 16.9 Å². The summed E-state index contributed by atoms with van der Waals surface area (Å²) in [6, 6.07) is 4.44. The van der Waals surface area contributed by atoms with Crippen LogP contribution in [0.4, 0.5) is 23.2 Å². The van der Waals surface area contributed by atoms with Crippen molar-refractivity contribution >= 4 is 17.2 Å². The first-order valence-corrected chi connectivity index (χ1v) is 11.2. The molecule has 0 saturated heterocycles. The normalized spacial score (nSPS) is 15.4. The number of amides is 1. The molecular formula is C26H24F4N4O. The van der Waals surface area contributed by atoms with E-state index in [1.165, 1.54) is 24.7 Å². The zero-order valence-corrected chi connectivity index (χ0v) is 19.5. The Labute approximate surface area is 200 Å². The fourth-order valence-corrected chi connectivity index (χ4v) is 4.11. The Kier molecular flexibility index (Phi) is 6.69. The van der Waals surface area contributed by atoms with Gasteiger partial charge in [-0.3, -0.25) is 9.78 Å². The van der Waals surface area contributed by atoms with Gasteiger partial charge in [-0.1, -0.05) is 19.4 Å². The molecule has 0 aliphatic heterocycles. The molecule has 9 heteroatoms. The lowest BCUT2D eigenvalue weighted by Crippen LogP contribution is -2.22. The maximum Gasteiger partial charge on any atom is 0.258 e. The second kappa shape index (κ2) is 9.56. The van der Waals surface area contributed by atoms with Crippen LogP contribution in [0.2, 0.25) is 0 Å². The number of hydrogen-bond donors (Lipinski definition) is 1. The minimum Gasteiger partial charge on any atom is -0.319 e. The standard InChI is InChI=1S/C26H24F4N4O/c1-14(2)24-32-12-16(13-33-24)25(35)34-23-19(20-10-17(27)4-5-21(20)28)7-9-31-22(23)18-6-8-26(29,30)11-15(18)3/h4-5,7,9-10,12-14H,6,8,11H2,1-3H3,(H,34,35). The van der Waals surface area contributed by atoms with Crippen molar-refractivity contribution in [1.82, 2.24) is 15.0 Å². The maximum absolute atomic E-state index is 14.7. The fourth-order valence-electron chi connectivity index (χ4n) is 4.11. The van der Waals surface area contributed by atoms with Crippen LogP contribution in [0.25, 0.3) is 16.7 Å². The van der Waals surface area contributed by atoms with E-state index in [0.29, 0.717) is 17.0 Å². The molecule has 0 spiro atoms. The van der Waals surface area contributed by atoms with Crippen LogP contribution < -0.4 is 5.32 Å². The quantitative estimate of drug-likeness (QED) is 0.405. The molecule has 1 aliphatic rings. The molecule has 3 aromatic rings. The van der Waals surface area contributed by atoms with Gasteiger partial charge in [0.25, 0.3) is 11.8 Å². The van der Waals surface area contributed by atoms with Crippen molar-refractivity contribution in [2.75, 3.05) is 5.32 Å². The molecular weight excluding hydrogens is 460 g/mol. The van der Waals surface area contributed by atoms with Crippen LogP contribution >= 0.6 is 0 Å². The summed E-state index contributed by atoms with van der Waals surface area (Å²) in [5.74, 6) is -4.16. The van der Waals surface area contributed by atoms with Crippen molar-refractivity contribution in [2.45, 2.75) is 51.9 Å². The number of rotatable bonds is 5. The molecule has 0 bridgehead atoms. The van der Waals surface area contributed by atoms with Crippen LogP contribution in [0, 0.1) is 11.6 Å². The highest BCUT2D eigenvalue weighted by Gasteiger charge is 2.35. The zero-order chi connectivity index (χ0) is 25.3. The fraction of sp³-hybridized carbons (Fsp3) is 0.308. The Morgan fingerprint density at radius 3 is 2.43 bits per heavy atom. The highest BCUT2D eigenvalue weighted by atomic mass is 19.3. The Morgan fingerprint density at radius 2 is 1.77 bits per heavy atom. The highest BCUT2D eigenvalue weighted by Crippen LogP contribution is 2.44. The monoisotopic (exact) mass is 484 g/mol. The van der Waals surface area contributed by atoms with E-state index in [-0.39, 0.29) is 46.8 Å². The molecule has 0 atom stereocenters. The molecule has 182 valence electrons. The molecule has 1 amide bonds. The van der Waals surface area contributed by atoms with Gasteiger partial charge < -0.3 is 5.32 Å². The van der Waals surface area contributed by atoms with E-state index in [4.69, 9.17) is 0 Å². The summed E-state index contributed by atoms with van der Waals surface area (Å²) < 4.78 is 56.7. The van der Waals surface area contributed by atoms with Crippen LogP contribution in [-0.2, 0) is 0 Å². The molecule has 1 N–H and O–H groups in total. The van der Waals surface area contributed by atoms with Crippen molar-refractivity contribution < 1.29 is 22.4 Å². The van der Waals surface area contributed by atoms with Gasteiger partial charge in [-0.15, -0.1) is 0 Å². The second-order valence-corrected chi connectivity index (χ2v) is 8.94. The van der Waals surface area contributed by atoms with Crippen molar-refractivity contribution in [3.8, 4) is 11.1 Å². The molecule has 0 radical (unpaired) electrons. The summed E-state index contributed by atoms with van der Waals surface area (Å²) in [6.45, 7) is 5.42. The first-order valence-electron chi connectivity index (χ1n) is 11.2. The highest BCUT2D eigenvalue weighted by molar-refractivity contribution is 6.07. The first kappa shape index (κ1) is 24.5. The molecule has 4 rings (SSSR count). The molecule has 35 heavy (non-hydrogen) atoms. The SMILES string of the molecule is CC1=C(c2nccc(-c3cc(F)ccc3F)c2NC(=O)c2cnc(C(C)C)nc2)CCC(F)(F)C1. The number of aromatic nitrogens is 3. The Morgan fingerprint density at radius 1 is 1.06 bits per heavy atom. The molecule has 0 unspecified atom stereocenters. The molecule has 0 saturated carbocycles. The Hall–Kier alpha value is -3.62. The molecule has 1 aromatic carbocycles. The summed E-state index contributed by atoms with van der Waals surface area (Å²) in [5, 5.41) is 2.74. The van der Waals surface area contributed by atoms with Gasteiger partial charge in [-0.25, -0.2) is 27.5 Å². The van der Waals surface area contributed by atoms with Crippen molar-refractivity contribution in [2.24, 2.45) is 0 Å². The lowest BCUT2D eigenvalue weighted by Gasteiger charge is -2.27. The van der Waals surface area contributed by atoms with Crippen LogP contribution in [-0.4, -0.2) is 26.8 Å². The molecule has 5 nitrogen and oxygen atoms in total. The maximum atomic E-state index is 14.7. The summed E-state index contributed by atoms with van der Waals surface area (Å²) in [4.78, 5) is 25.9. The predicted octanol–water partition coefficient (Wildman–Crippen LogP) is 6.79. The van der Waals surface area contributed by atoms with Crippen molar-refractivity contribution in [3.05, 3.63) is 77.1 Å². The summed E-state index contributed by atoms with van der Waals surface area (Å²) in [5.41, 5.74) is 1.55. The first-order chi connectivity index (χ1) is 16.6. The number of benzene rings is 1. The number of hydrogen-bond acceptors (Lipinski definition) is 4. The van der Waals surface area contributed by atoms with E-state index >= 15 is 0 Å². The number of carbonyl (C=O) groups excluding carboxylic acids is 1. The second-order valence-electron chi connectivity index (χ2n) is 8.94. The minimum atomic E-state index is -2.83. The van der Waals surface area contributed by atoms with Crippen LogP contribution in [0.5, 0.6) is 0 Å². The van der Waals surface area contributed by atoms with Gasteiger partial charge in [0, 0.05) is 48.5 Å². The third-order valence-electron chi connectivity index (χ3n) is 5.92. The molecule has 0 fully saturated rings. The Bertz CT molecular complexity index is 1300. The predicted molar refractivity (Wildman–Crippen MR) is 125 cm³/mol. The average molecular weight is 484 g/mol. The lowest BCUT2D eigenvalue weighted by molar-refractivity contribution is -0.00913. The van der Waals surface area contributed by atoms with Gasteiger partial charge in [0.1, 0.15) is 17.5 Å². The summed E-state index contributed by atoms with van der Waals surface area (Å²) >= 11 is 0. The van der Waals surface area contributed by atoms with Gasteiger partial charge in [-0.05, 0) is 43.2 Å². The molecule has 2 aromatic heterocycles. The average Bonchev–Trinajstić information content (AvgIpc) is 2.80. The van der Waals surface area contributed by atoms with Crippen LogP contribution in [0.1, 0.15) is 67.8 Å². The summed E-state index contributed by atoms with van der Waals surface area (Å²) in [7, 11) is 0. The summed E-state index contributed by atoms with van der Waals surface area (Å²) in [6.07, 6.45) is 3.34. The number of alkyl halides is 2. The van der Waals surface area contributed by atoms with E-state index in [0.717, 1.165) is 18.2 Å².